The van der Waals surface area contributed by atoms with E-state index in [0.29, 0.717) is 0 Å². The summed E-state index contributed by atoms with van der Waals surface area (Å²) < 4.78 is 23.3. The van der Waals surface area contributed by atoms with E-state index in [-0.39, 0.29) is 35.3 Å². The van der Waals surface area contributed by atoms with Gasteiger partial charge in [-0.25, -0.2) is 23.2 Å². The third-order valence-electron chi connectivity index (χ3n) is 2.24. The number of carbonyl (C=O) groups is 1. The molecule has 1 heterocycles. The van der Waals surface area contributed by atoms with Crippen molar-refractivity contribution in [3.05, 3.63) is 18.1 Å². The van der Waals surface area contributed by atoms with Crippen molar-refractivity contribution >= 4 is 21.6 Å². The van der Waals surface area contributed by atoms with Gasteiger partial charge in [0.05, 0.1) is 11.5 Å². The second-order valence-electron chi connectivity index (χ2n) is 4.53. The molecule has 1 rings (SSSR count). The Morgan fingerprint density at radius 2 is 2.16 bits per heavy atom. The van der Waals surface area contributed by atoms with Gasteiger partial charge in [-0.2, -0.15) is 0 Å². The lowest BCUT2D eigenvalue weighted by Crippen LogP contribution is -2.22. The van der Waals surface area contributed by atoms with E-state index in [0.717, 1.165) is 0 Å². The van der Waals surface area contributed by atoms with Crippen LogP contribution in [0.1, 0.15) is 24.2 Å². The summed E-state index contributed by atoms with van der Waals surface area (Å²) in [6.45, 7) is 3.78. The predicted octanol–water partition coefficient (Wildman–Crippen LogP) is 0.657. The van der Waals surface area contributed by atoms with E-state index < -0.39 is 15.8 Å². The first kappa shape index (κ1) is 15.4. The van der Waals surface area contributed by atoms with Crippen molar-refractivity contribution in [3.63, 3.8) is 0 Å². The molecule has 0 saturated carbocycles. The molecule has 2 N–H and O–H groups in total. The Bertz CT molecular complexity index is 543. The zero-order valence-corrected chi connectivity index (χ0v) is 11.6. The summed E-state index contributed by atoms with van der Waals surface area (Å²) in [5.74, 6) is -0.910. The predicted molar refractivity (Wildman–Crippen MR) is 71.0 cm³/mol. The van der Waals surface area contributed by atoms with Crippen molar-refractivity contribution in [1.82, 2.24) is 9.97 Å². The fourth-order valence-corrected chi connectivity index (χ4v) is 3.14. The number of rotatable bonds is 7. The molecule has 0 amide bonds. The molecule has 0 aliphatic heterocycles. The van der Waals surface area contributed by atoms with Crippen LogP contribution in [-0.4, -0.2) is 47.5 Å². The molecule has 0 aliphatic carbocycles. The largest absolute Gasteiger partial charge is 0.477 e. The smallest absolute Gasteiger partial charge is 0.341 e. The zero-order chi connectivity index (χ0) is 14.5. The minimum absolute atomic E-state index is 0.0613. The molecular formula is C11H17N3O4S. The Balaban J connectivity index is 2.61. The highest BCUT2D eigenvalue weighted by molar-refractivity contribution is 7.91. The molecule has 0 bridgehead atoms. The monoisotopic (exact) mass is 287 g/mol. The van der Waals surface area contributed by atoms with Crippen molar-refractivity contribution in [3.8, 4) is 0 Å². The second-order valence-corrected chi connectivity index (χ2v) is 6.75. The molecule has 8 heteroatoms. The quantitative estimate of drug-likeness (QED) is 0.758. The Morgan fingerprint density at radius 1 is 1.47 bits per heavy atom. The Hall–Kier alpha value is -1.70. The fraction of sp³-hybridized carbons (Fsp3) is 0.545. The molecule has 0 fully saturated rings. The van der Waals surface area contributed by atoms with E-state index in [4.69, 9.17) is 5.11 Å². The summed E-state index contributed by atoms with van der Waals surface area (Å²) in [5.41, 5.74) is -0.0799. The summed E-state index contributed by atoms with van der Waals surface area (Å²) in [6.07, 6.45) is 2.37. The second kappa shape index (κ2) is 6.46. The maximum atomic E-state index is 11.7. The SMILES string of the molecule is CC(C)CS(=O)(=O)CCNc1ncncc1C(=O)O. The van der Waals surface area contributed by atoms with E-state index in [9.17, 15) is 13.2 Å². The molecule has 106 valence electrons. The molecule has 19 heavy (non-hydrogen) atoms. The Morgan fingerprint density at radius 3 is 2.74 bits per heavy atom. The molecular weight excluding hydrogens is 270 g/mol. The summed E-state index contributed by atoms with van der Waals surface area (Å²) >= 11 is 0. The number of sulfone groups is 1. The van der Waals surface area contributed by atoms with E-state index >= 15 is 0 Å². The summed E-state index contributed by atoms with van der Waals surface area (Å²) in [5, 5.41) is 11.6. The number of carboxylic acid groups (broad SMARTS) is 1. The maximum Gasteiger partial charge on any atom is 0.341 e. The van der Waals surface area contributed by atoms with Crippen LogP contribution < -0.4 is 5.32 Å². The molecule has 0 atom stereocenters. The highest BCUT2D eigenvalue weighted by Crippen LogP contribution is 2.09. The third kappa shape index (κ3) is 5.21. The molecule has 0 radical (unpaired) electrons. The first-order valence-corrected chi connectivity index (χ1v) is 7.61. The maximum absolute atomic E-state index is 11.7. The molecule has 0 aromatic carbocycles. The van der Waals surface area contributed by atoms with Crippen LogP contribution in [0.2, 0.25) is 0 Å². The molecule has 0 saturated heterocycles. The molecule has 1 aromatic rings. The summed E-state index contributed by atoms with van der Waals surface area (Å²) in [7, 11) is -3.14. The summed E-state index contributed by atoms with van der Waals surface area (Å²) in [4.78, 5) is 18.3. The van der Waals surface area contributed by atoms with Gasteiger partial charge in [0.25, 0.3) is 0 Å². The van der Waals surface area contributed by atoms with Crippen molar-refractivity contribution < 1.29 is 18.3 Å². The van der Waals surface area contributed by atoms with Gasteiger partial charge in [0.2, 0.25) is 0 Å². The van der Waals surface area contributed by atoms with E-state index in [1.54, 1.807) is 0 Å². The number of aromatic nitrogens is 2. The average Bonchev–Trinajstić information content (AvgIpc) is 2.27. The van der Waals surface area contributed by atoms with Gasteiger partial charge in [-0.3, -0.25) is 0 Å². The van der Waals surface area contributed by atoms with Crippen LogP contribution in [0, 0.1) is 5.92 Å². The van der Waals surface area contributed by atoms with Crippen LogP contribution in [0.15, 0.2) is 12.5 Å². The number of nitrogens with zero attached hydrogens (tertiary/aromatic N) is 2. The van der Waals surface area contributed by atoms with E-state index in [1.165, 1.54) is 12.5 Å². The first-order chi connectivity index (χ1) is 8.82. The molecule has 0 spiro atoms. The lowest BCUT2D eigenvalue weighted by Gasteiger charge is -2.09. The van der Waals surface area contributed by atoms with Crippen LogP contribution >= 0.6 is 0 Å². The van der Waals surface area contributed by atoms with Gasteiger partial charge in [0, 0.05) is 12.7 Å². The van der Waals surface area contributed by atoms with Gasteiger partial charge < -0.3 is 10.4 Å². The van der Waals surface area contributed by atoms with Gasteiger partial charge in [-0.05, 0) is 5.92 Å². The van der Waals surface area contributed by atoms with E-state index in [2.05, 4.69) is 15.3 Å². The fourth-order valence-electron chi connectivity index (χ4n) is 1.54. The third-order valence-corrected chi connectivity index (χ3v) is 4.24. The van der Waals surface area contributed by atoms with Gasteiger partial charge in [-0.15, -0.1) is 0 Å². The van der Waals surface area contributed by atoms with Crippen molar-refractivity contribution in [2.45, 2.75) is 13.8 Å². The van der Waals surface area contributed by atoms with Gasteiger partial charge in [0.1, 0.15) is 17.7 Å². The molecule has 7 nitrogen and oxygen atoms in total. The van der Waals surface area contributed by atoms with Crippen LogP contribution in [-0.2, 0) is 9.84 Å². The first-order valence-electron chi connectivity index (χ1n) is 5.79. The number of carboxylic acids is 1. The number of anilines is 1. The summed E-state index contributed by atoms with van der Waals surface area (Å²) in [6, 6.07) is 0. The lowest BCUT2D eigenvalue weighted by molar-refractivity contribution is 0.0697. The minimum Gasteiger partial charge on any atom is -0.477 e. The minimum atomic E-state index is -3.14. The normalized spacial score (nSPS) is 11.5. The van der Waals surface area contributed by atoms with Gasteiger partial charge >= 0.3 is 5.97 Å². The molecule has 0 unspecified atom stereocenters. The number of hydrogen-bond acceptors (Lipinski definition) is 6. The van der Waals surface area contributed by atoms with Crippen molar-refractivity contribution in [2.75, 3.05) is 23.4 Å². The number of hydrogen-bond donors (Lipinski definition) is 2. The van der Waals surface area contributed by atoms with Crippen LogP contribution in [0.4, 0.5) is 5.82 Å². The Kier molecular flexibility index (Phi) is 5.22. The standard InChI is InChI=1S/C11H17N3O4S/c1-8(2)6-19(17,18)4-3-13-10-9(11(15)16)5-12-7-14-10/h5,7-8H,3-4,6H2,1-2H3,(H,15,16)(H,12,13,14). The highest BCUT2D eigenvalue weighted by atomic mass is 32.2. The number of aromatic carboxylic acids is 1. The van der Waals surface area contributed by atoms with Crippen LogP contribution in [0.25, 0.3) is 0 Å². The van der Waals surface area contributed by atoms with Crippen molar-refractivity contribution in [1.29, 1.82) is 0 Å². The lowest BCUT2D eigenvalue weighted by atomic mass is 10.3. The molecule has 0 aliphatic rings. The Labute approximate surface area is 112 Å². The average molecular weight is 287 g/mol. The van der Waals surface area contributed by atoms with Crippen LogP contribution in [0.3, 0.4) is 0 Å². The highest BCUT2D eigenvalue weighted by Gasteiger charge is 2.15. The zero-order valence-electron chi connectivity index (χ0n) is 10.8. The topological polar surface area (TPSA) is 109 Å². The van der Waals surface area contributed by atoms with Gasteiger partial charge in [-0.1, -0.05) is 13.8 Å². The van der Waals surface area contributed by atoms with Gasteiger partial charge in [0.15, 0.2) is 9.84 Å². The van der Waals surface area contributed by atoms with Crippen molar-refractivity contribution in [2.24, 2.45) is 5.92 Å². The van der Waals surface area contributed by atoms with Crippen LogP contribution in [0.5, 0.6) is 0 Å². The van der Waals surface area contributed by atoms with E-state index in [1.807, 2.05) is 13.8 Å². The molecule has 1 aromatic heterocycles. The number of nitrogens with one attached hydrogen (secondary N) is 1.